The predicted molar refractivity (Wildman–Crippen MR) is 77.4 cm³/mol. The largest absolute Gasteiger partial charge is 0.241 e. The number of halogens is 1. The van der Waals surface area contributed by atoms with Crippen LogP contribution in [0.2, 0.25) is 0 Å². The Hall–Kier alpha value is 0.340. The summed E-state index contributed by atoms with van der Waals surface area (Å²) in [6.45, 7) is 6.34. The number of piperidine rings is 1. The fraction of sp³-hybridized carbons (Fsp3) is 0.818. The maximum Gasteiger partial charge on any atom is 0.211 e. The number of nitrogens with zero attached hydrogens (tertiary/aromatic N) is 1. The first-order valence-corrected chi connectivity index (χ1v) is 8.54. The normalized spacial score (nSPS) is 36.8. The molecular weight excluding hydrogens is 351 g/mol. The number of nitrogens with one attached hydrogen (secondary N) is 1. The smallest absolute Gasteiger partial charge is 0.211 e. The Labute approximate surface area is 117 Å². The molecule has 1 heterocycles. The summed E-state index contributed by atoms with van der Waals surface area (Å²) in [5.41, 5.74) is 0.210. The van der Waals surface area contributed by atoms with Gasteiger partial charge in [-0.05, 0) is 26.2 Å². The van der Waals surface area contributed by atoms with E-state index in [0.717, 1.165) is 12.8 Å². The molecule has 17 heavy (non-hydrogen) atoms. The zero-order valence-corrected chi connectivity index (χ0v) is 13.0. The van der Waals surface area contributed by atoms with Crippen molar-refractivity contribution in [2.75, 3.05) is 12.3 Å². The van der Waals surface area contributed by atoms with Crippen molar-refractivity contribution in [3.8, 4) is 0 Å². The molecule has 0 aromatic rings. The minimum absolute atomic E-state index is 0.154. The minimum atomic E-state index is -3.12. The Kier molecular flexibility index (Phi) is 3.88. The highest BCUT2D eigenvalue weighted by Gasteiger charge is 2.62. The number of rotatable bonds is 6. The molecule has 1 aliphatic carbocycles. The van der Waals surface area contributed by atoms with E-state index >= 15 is 0 Å². The Morgan fingerprint density at radius 1 is 1.59 bits per heavy atom. The molecule has 0 aromatic heterocycles. The second-order valence-corrected chi connectivity index (χ2v) is 8.24. The maximum absolute atomic E-state index is 11.7. The molecule has 1 unspecified atom stereocenters. The molecule has 1 aliphatic heterocycles. The van der Waals surface area contributed by atoms with Crippen molar-refractivity contribution in [2.45, 2.75) is 38.3 Å². The number of hydrogen-bond donors (Lipinski definition) is 1. The van der Waals surface area contributed by atoms with Crippen molar-refractivity contribution in [3.05, 3.63) is 12.7 Å². The van der Waals surface area contributed by atoms with Gasteiger partial charge in [0.2, 0.25) is 10.0 Å². The molecule has 3 atom stereocenters. The average Bonchev–Trinajstić information content (AvgIpc) is 2.92. The maximum atomic E-state index is 11.7. The molecule has 0 bridgehead atoms. The summed E-state index contributed by atoms with van der Waals surface area (Å²) in [7, 11) is -3.12. The Bertz CT molecular complexity index is 412. The summed E-state index contributed by atoms with van der Waals surface area (Å²) in [5.74, 6) is 0.154. The van der Waals surface area contributed by atoms with Crippen LogP contribution in [-0.4, -0.2) is 35.9 Å². The third kappa shape index (κ3) is 2.85. The third-order valence-electron chi connectivity index (χ3n) is 3.80. The predicted octanol–water partition coefficient (Wildman–Crippen LogP) is 1.68. The highest BCUT2D eigenvalue weighted by molar-refractivity contribution is 14.1. The molecule has 98 valence electrons. The van der Waals surface area contributed by atoms with E-state index in [0.29, 0.717) is 25.0 Å². The number of sulfonamides is 1. The van der Waals surface area contributed by atoms with Gasteiger partial charge in [-0.1, -0.05) is 6.08 Å². The minimum Gasteiger partial charge on any atom is -0.241 e. The van der Waals surface area contributed by atoms with Crippen LogP contribution in [0.15, 0.2) is 12.7 Å². The van der Waals surface area contributed by atoms with E-state index in [2.05, 4.69) is 44.2 Å². The average molecular weight is 370 g/mol. The van der Waals surface area contributed by atoms with Gasteiger partial charge in [-0.25, -0.2) is 16.3 Å². The van der Waals surface area contributed by atoms with Crippen molar-refractivity contribution < 1.29 is 8.42 Å². The molecule has 0 spiro atoms. The summed E-state index contributed by atoms with van der Waals surface area (Å²) < 4.78 is 28.5. The van der Waals surface area contributed by atoms with Crippen molar-refractivity contribution >= 4 is 32.9 Å². The molecule has 2 rings (SSSR count). The Balaban J connectivity index is 1.86. The standard InChI is InChI=1S/C11H19IN2O2S/c1-3-4-5-17(15,16)13-8-11-6-9(2)14(12)10(11)7-11/h3,9-10,13H,1,4-8H2,2H3/t9?,10-,11+/m1/s1. The molecule has 2 aliphatic rings. The molecule has 4 nitrogen and oxygen atoms in total. The summed E-state index contributed by atoms with van der Waals surface area (Å²) >= 11 is 2.36. The lowest BCUT2D eigenvalue weighted by atomic mass is 10.0. The Morgan fingerprint density at radius 2 is 2.29 bits per heavy atom. The molecule has 0 radical (unpaired) electrons. The summed E-state index contributed by atoms with van der Waals surface area (Å²) in [4.78, 5) is 0. The lowest BCUT2D eigenvalue weighted by Gasteiger charge is -2.15. The van der Waals surface area contributed by atoms with Crippen LogP contribution in [0, 0.1) is 5.41 Å². The van der Waals surface area contributed by atoms with Crippen molar-refractivity contribution in [1.82, 2.24) is 7.84 Å². The third-order valence-corrected chi connectivity index (χ3v) is 6.78. The van der Waals surface area contributed by atoms with E-state index in [1.54, 1.807) is 6.08 Å². The Morgan fingerprint density at radius 3 is 2.82 bits per heavy atom. The summed E-state index contributed by atoms with van der Waals surface area (Å²) in [5, 5.41) is 0. The SMILES string of the molecule is C=CCCS(=O)(=O)NC[C@@]12CC(C)N(I)[C@@H]1C2. The summed E-state index contributed by atoms with van der Waals surface area (Å²) in [6, 6.07) is 1.13. The molecule has 1 saturated carbocycles. The van der Waals surface area contributed by atoms with Crippen LogP contribution in [0.3, 0.4) is 0 Å². The second kappa shape index (κ2) is 4.79. The van der Waals surface area contributed by atoms with Gasteiger partial charge >= 0.3 is 0 Å². The van der Waals surface area contributed by atoms with Crippen molar-refractivity contribution in [3.63, 3.8) is 0 Å². The van der Waals surface area contributed by atoms with Gasteiger partial charge in [-0.2, -0.15) is 0 Å². The van der Waals surface area contributed by atoms with Gasteiger partial charge in [0, 0.05) is 46.9 Å². The van der Waals surface area contributed by atoms with E-state index in [-0.39, 0.29) is 11.2 Å². The quantitative estimate of drug-likeness (QED) is 0.440. The van der Waals surface area contributed by atoms with E-state index in [9.17, 15) is 8.42 Å². The van der Waals surface area contributed by atoms with E-state index in [4.69, 9.17) is 0 Å². The molecule has 0 aromatic carbocycles. The number of hydrogen-bond acceptors (Lipinski definition) is 3. The van der Waals surface area contributed by atoms with Gasteiger partial charge in [0.25, 0.3) is 0 Å². The zero-order chi connectivity index (χ0) is 12.7. The highest BCUT2D eigenvalue weighted by Crippen LogP contribution is 2.60. The van der Waals surface area contributed by atoms with Gasteiger partial charge in [-0.3, -0.25) is 0 Å². The first-order valence-electron chi connectivity index (χ1n) is 5.92. The monoisotopic (exact) mass is 370 g/mol. The molecular formula is C11H19IN2O2S. The first-order chi connectivity index (χ1) is 7.90. The van der Waals surface area contributed by atoms with Crippen LogP contribution in [-0.2, 0) is 10.0 Å². The van der Waals surface area contributed by atoms with Gasteiger partial charge in [0.15, 0.2) is 0 Å². The molecule has 6 heteroatoms. The van der Waals surface area contributed by atoms with E-state index < -0.39 is 10.0 Å². The fourth-order valence-electron chi connectivity index (χ4n) is 2.70. The first kappa shape index (κ1) is 13.8. The number of allylic oxidation sites excluding steroid dienone is 1. The van der Waals surface area contributed by atoms with Gasteiger partial charge in [-0.15, -0.1) is 6.58 Å². The van der Waals surface area contributed by atoms with Crippen LogP contribution in [0.25, 0.3) is 0 Å². The van der Waals surface area contributed by atoms with Crippen molar-refractivity contribution in [1.29, 1.82) is 0 Å². The van der Waals surface area contributed by atoms with E-state index in [1.807, 2.05) is 0 Å². The lowest BCUT2D eigenvalue weighted by Crippen LogP contribution is -2.32. The topological polar surface area (TPSA) is 49.4 Å². The lowest BCUT2D eigenvalue weighted by molar-refractivity contribution is 0.427. The van der Waals surface area contributed by atoms with Crippen LogP contribution < -0.4 is 4.72 Å². The number of fused-ring (bicyclic) bond motifs is 1. The molecule has 2 fully saturated rings. The van der Waals surface area contributed by atoms with Crippen LogP contribution in [0.1, 0.15) is 26.2 Å². The fourth-order valence-corrected chi connectivity index (χ4v) is 4.82. The molecule has 1 N–H and O–H groups in total. The van der Waals surface area contributed by atoms with E-state index in [1.165, 1.54) is 0 Å². The van der Waals surface area contributed by atoms with Gasteiger partial charge in [0.1, 0.15) is 0 Å². The summed E-state index contributed by atoms with van der Waals surface area (Å²) in [6.07, 6.45) is 4.39. The zero-order valence-electron chi connectivity index (χ0n) is 10.0. The van der Waals surface area contributed by atoms with Crippen molar-refractivity contribution in [2.24, 2.45) is 5.41 Å². The van der Waals surface area contributed by atoms with Crippen LogP contribution >= 0.6 is 22.9 Å². The van der Waals surface area contributed by atoms with Crippen LogP contribution in [0.4, 0.5) is 0 Å². The van der Waals surface area contributed by atoms with Crippen LogP contribution in [0.5, 0.6) is 0 Å². The highest BCUT2D eigenvalue weighted by atomic mass is 127. The van der Waals surface area contributed by atoms with Gasteiger partial charge in [0.05, 0.1) is 5.75 Å². The molecule has 0 amide bonds. The van der Waals surface area contributed by atoms with Gasteiger partial charge < -0.3 is 0 Å². The second-order valence-electron chi connectivity index (χ2n) is 5.20. The molecule has 1 saturated heterocycles.